The first-order chi connectivity index (χ1) is 12.1. The molecule has 3 unspecified atom stereocenters. The average Bonchev–Trinajstić information content (AvgIpc) is 3.05. The summed E-state index contributed by atoms with van der Waals surface area (Å²) >= 11 is 0. The summed E-state index contributed by atoms with van der Waals surface area (Å²) in [7, 11) is 0. The third-order valence-electron chi connectivity index (χ3n) is 6.02. The van der Waals surface area contributed by atoms with E-state index >= 15 is 0 Å². The number of fused-ring (bicyclic) bond motifs is 1. The van der Waals surface area contributed by atoms with Gasteiger partial charge in [-0.25, -0.2) is 0 Å². The lowest BCUT2D eigenvalue weighted by Crippen LogP contribution is -2.55. The van der Waals surface area contributed by atoms with Gasteiger partial charge in [-0.15, -0.1) is 0 Å². The zero-order valence-electron chi connectivity index (χ0n) is 15.0. The van der Waals surface area contributed by atoms with Crippen molar-refractivity contribution >= 4 is 0 Å². The van der Waals surface area contributed by atoms with Gasteiger partial charge < -0.3 is 5.11 Å². The molecule has 2 saturated heterocycles. The van der Waals surface area contributed by atoms with Gasteiger partial charge in [0.05, 0.1) is 5.60 Å². The molecular formula is C22H28N2O. The van der Waals surface area contributed by atoms with Crippen LogP contribution in [0.5, 0.6) is 0 Å². The van der Waals surface area contributed by atoms with Gasteiger partial charge in [-0.3, -0.25) is 9.80 Å². The highest BCUT2D eigenvalue weighted by Gasteiger charge is 2.49. The van der Waals surface area contributed by atoms with E-state index in [4.69, 9.17) is 0 Å². The molecule has 3 heteroatoms. The SMILES string of the molecule is CC1(O)CCN(Cc2ccccc2)C2CN(Cc3ccccc3)CC21. The molecule has 132 valence electrons. The molecule has 0 bridgehead atoms. The van der Waals surface area contributed by atoms with Gasteiger partial charge in [0.15, 0.2) is 0 Å². The highest BCUT2D eigenvalue weighted by Crippen LogP contribution is 2.38. The maximum absolute atomic E-state index is 11.0. The third kappa shape index (κ3) is 3.64. The fraction of sp³-hybridized carbons (Fsp3) is 0.455. The van der Waals surface area contributed by atoms with Gasteiger partial charge in [0.1, 0.15) is 0 Å². The highest BCUT2D eigenvalue weighted by molar-refractivity contribution is 5.17. The summed E-state index contributed by atoms with van der Waals surface area (Å²) in [6.45, 7) is 7.00. The second-order valence-electron chi connectivity index (χ2n) is 7.92. The maximum atomic E-state index is 11.0. The van der Waals surface area contributed by atoms with Crippen molar-refractivity contribution in [2.24, 2.45) is 5.92 Å². The minimum absolute atomic E-state index is 0.327. The van der Waals surface area contributed by atoms with E-state index < -0.39 is 5.60 Å². The van der Waals surface area contributed by atoms with Crippen LogP contribution in [0, 0.1) is 5.92 Å². The van der Waals surface area contributed by atoms with E-state index in [1.807, 2.05) is 6.92 Å². The van der Waals surface area contributed by atoms with Gasteiger partial charge in [-0.2, -0.15) is 0 Å². The van der Waals surface area contributed by atoms with Gasteiger partial charge in [0, 0.05) is 44.7 Å². The molecule has 2 aromatic rings. The molecule has 3 atom stereocenters. The molecule has 0 amide bonds. The van der Waals surface area contributed by atoms with E-state index in [1.54, 1.807) is 0 Å². The van der Waals surface area contributed by atoms with Crippen LogP contribution in [0.1, 0.15) is 24.5 Å². The van der Waals surface area contributed by atoms with Gasteiger partial charge in [0.2, 0.25) is 0 Å². The minimum Gasteiger partial charge on any atom is -0.390 e. The number of aliphatic hydroxyl groups is 1. The van der Waals surface area contributed by atoms with E-state index in [0.717, 1.165) is 39.1 Å². The monoisotopic (exact) mass is 336 g/mol. The van der Waals surface area contributed by atoms with E-state index in [9.17, 15) is 5.11 Å². The molecule has 0 radical (unpaired) electrons. The third-order valence-corrected chi connectivity index (χ3v) is 6.02. The van der Waals surface area contributed by atoms with Crippen LogP contribution in [0.2, 0.25) is 0 Å². The van der Waals surface area contributed by atoms with Crippen LogP contribution in [0.3, 0.4) is 0 Å². The summed E-state index contributed by atoms with van der Waals surface area (Å²) in [4.78, 5) is 5.10. The van der Waals surface area contributed by atoms with Crippen LogP contribution in [-0.2, 0) is 13.1 Å². The molecule has 1 N–H and O–H groups in total. The molecule has 0 aromatic heterocycles. The fourth-order valence-electron chi connectivity index (χ4n) is 4.55. The summed E-state index contributed by atoms with van der Waals surface area (Å²) < 4.78 is 0. The number of hydrogen-bond donors (Lipinski definition) is 1. The Hall–Kier alpha value is -1.68. The number of benzene rings is 2. The summed E-state index contributed by atoms with van der Waals surface area (Å²) in [5.74, 6) is 0.327. The van der Waals surface area contributed by atoms with Gasteiger partial charge >= 0.3 is 0 Å². The lowest BCUT2D eigenvalue weighted by atomic mass is 9.78. The highest BCUT2D eigenvalue weighted by atomic mass is 16.3. The van der Waals surface area contributed by atoms with E-state index in [1.165, 1.54) is 11.1 Å². The maximum Gasteiger partial charge on any atom is 0.0687 e. The smallest absolute Gasteiger partial charge is 0.0687 e. The molecule has 4 rings (SSSR count). The summed E-state index contributed by atoms with van der Waals surface area (Å²) in [5, 5.41) is 11.0. The number of hydrogen-bond acceptors (Lipinski definition) is 3. The molecule has 0 spiro atoms. The Balaban J connectivity index is 1.49. The standard InChI is InChI=1S/C22H28N2O/c1-22(25)12-13-24(15-19-10-6-3-7-11-19)21-17-23(16-20(21)22)14-18-8-4-2-5-9-18/h2-11,20-21,25H,12-17H2,1H3. The first kappa shape index (κ1) is 16.8. The topological polar surface area (TPSA) is 26.7 Å². The predicted octanol–water partition coefficient (Wildman–Crippen LogP) is 3.14. The van der Waals surface area contributed by atoms with Crippen LogP contribution in [0.25, 0.3) is 0 Å². The lowest BCUT2D eigenvalue weighted by Gasteiger charge is -2.45. The van der Waals surface area contributed by atoms with E-state index in [2.05, 4.69) is 70.5 Å². The predicted molar refractivity (Wildman–Crippen MR) is 101 cm³/mol. The van der Waals surface area contributed by atoms with Crippen molar-refractivity contribution in [2.45, 2.75) is 38.1 Å². The molecule has 3 nitrogen and oxygen atoms in total. The lowest BCUT2D eigenvalue weighted by molar-refractivity contribution is -0.0730. The summed E-state index contributed by atoms with van der Waals surface area (Å²) in [6.07, 6.45) is 0.861. The van der Waals surface area contributed by atoms with Crippen molar-refractivity contribution in [3.63, 3.8) is 0 Å². The van der Waals surface area contributed by atoms with Crippen molar-refractivity contribution < 1.29 is 5.11 Å². The number of piperidine rings is 1. The molecule has 2 aromatic carbocycles. The Labute approximate surface area is 150 Å². The van der Waals surface area contributed by atoms with Crippen LogP contribution in [-0.4, -0.2) is 46.2 Å². The molecular weight excluding hydrogens is 308 g/mol. The molecule has 0 saturated carbocycles. The fourth-order valence-corrected chi connectivity index (χ4v) is 4.55. The van der Waals surface area contributed by atoms with Crippen LogP contribution < -0.4 is 0 Å². The summed E-state index contributed by atoms with van der Waals surface area (Å²) in [6, 6.07) is 21.8. The van der Waals surface area contributed by atoms with E-state index in [0.29, 0.717) is 12.0 Å². The van der Waals surface area contributed by atoms with Crippen molar-refractivity contribution in [1.29, 1.82) is 0 Å². The Morgan fingerprint density at radius 2 is 1.52 bits per heavy atom. The molecule has 2 fully saturated rings. The van der Waals surface area contributed by atoms with Gasteiger partial charge in [0.25, 0.3) is 0 Å². The largest absolute Gasteiger partial charge is 0.390 e. The van der Waals surface area contributed by atoms with Crippen molar-refractivity contribution in [3.05, 3.63) is 71.8 Å². The number of rotatable bonds is 4. The van der Waals surface area contributed by atoms with E-state index in [-0.39, 0.29) is 0 Å². The van der Waals surface area contributed by atoms with Gasteiger partial charge in [-0.1, -0.05) is 60.7 Å². The quantitative estimate of drug-likeness (QED) is 0.929. The normalized spacial score (nSPS) is 30.3. The number of nitrogens with zero attached hydrogens (tertiary/aromatic N) is 2. The average molecular weight is 336 g/mol. The Morgan fingerprint density at radius 3 is 2.16 bits per heavy atom. The molecule has 2 aliphatic heterocycles. The van der Waals surface area contributed by atoms with Gasteiger partial charge in [-0.05, 0) is 24.5 Å². The van der Waals surface area contributed by atoms with Crippen LogP contribution in [0.15, 0.2) is 60.7 Å². The molecule has 25 heavy (non-hydrogen) atoms. The minimum atomic E-state index is -0.552. The summed E-state index contributed by atoms with van der Waals surface area (Å²) in [5.41, 5.74) is 2.17. The van der Waals surface area contributed by atoms with Crippen LogP contribution in [0.4, 0.5) is 0 Å². The Bertz CT molecular complexity index is 686. The second kappa shape index (κ2) is 6.91. The molecule has 2 aliphatic rings. The molecule has 0 aliphatic carbocycles. The number of likely N-dealkylation sites (tertiary alicyclic amines) is 2. The van der Waals surface area contributed by atoms with Crippen molar-refractivity contribution in [2.75, 3.05) is 19.6 Å². The Morgan fingerprint density at radius 1 is 0.920 bits per heavy atom. The molecule has 2 heterocycles. The van der Waals surface area contributed by atoms with Crippen molar-refractivity contribution in [3.8, 4) is 0 Å². The first-order valence-electron chi connectivity index (χ1n) is 9.38. The van der Waals surface area contributed by atoms with Crippen molar-refractivity contribution in [1.82, 2.24) is 9.80 Å². The van der Waals surface area contributed by atoms with Crippen LogP contribution >= 0.6 is 0 Å². The first-order valence-corrected chi connectivity index (χ1v) is 9.38. The zero-order chi connectivity index (χ0) is 17.3. The second-order valence-corrected chi connectivity index (χ2v) is 7.92. The Kier molecular flexibility index (Phi) is 4.63. The zero-order valence-corrected chi connectivity index (χ0v) is 15.0.